The fraction of sp³-hybridized carbons (Fsp3) is 0.348. The predicted molar refractivity (Wildman–Crippen MR) is 116 cm³/mol. The van der Waals surface area contributed by atoms with E-state index in [-0.39, 0.29) is 0 Å². The number of nitrogens with one attached hydrogen (secondary N) is 1. The van der Waals surface area contributed by atoms with Crippen LogP contribution in [0.3, 0.4) is 0 Å². The van der Waals surface area contributed by atoms with Gasteiger partial charge in [-0.3, -0.25) is 4.98 Å². The lowest BCUT2D eigenvalue weighted by Gasteiger charge is -2.33. The molecule has 4 rings (SSSR count). The molecule has 8 heteroatoms. The Morgan fingerprint density at radius 1 is 1.23 bits per heavy atom. The molecule has 3 aromatic heterocycles. The number of aryl methyl sites for hydroxylation is 2. The number of fused-ring (bicyclic) bond motifs is 1. The van der Waals surface area contributed by atoms with Crippen LogP contribution in [0.25, 0.3) is 22.2 Å². The van der Waals surface area contributed by atoms with Crippen LogP contribution in [0.15, 0.2) is 41.1 Å². The molecule has 0 radical (unpaired) electrons. The monoisotopic (exact) mass is 422 g/mol. The summed E-state index contributed by atoms with van der Waals surface area (Å²) in [6.45, 7) is 7.82. The lowest BCUT2D eigenvalue weighted by atomic mass is 9.81. The number of aromatic nitrogens is 4. The lowest BCUT2D eigenvalue weighted by Crippen LogP contribution is -2.41. The van der Waals surface area contributed by atoms with Gasteiger partial charge in [-0.25, -0.2) is 0 Å². The first-order valence-electron chi connectivity index (χ1n) is 10.3. The fourth-order valence-electron chi connectivity index (χ4n) is 4.00. The van der Waals surface area contributed by atoms with E-state index in [9.17, 15) is 10.2 Å². The van der Waals surface area contributed by atoms with E-state index in [0.717, 1.165) is 16.8 Å². The van der Waals surface area contributed by atoms with Crippen molar-refractivity contribution in [3.8, 4) is 17.1 Å². The van der Waals surface area contributed by atoms with E-state index in [1.165, 1.54) is 0 Å². The summed E-state index contributed by atoms with van der Waals surface area (Å²) < 4.78 is 10.9. The first kappa shape index (κ1) is 21.0. The van der Waals surface area contributed by atoms with Gasteiger partial charge in [-0.15, -0.1) is 0 Å². The summed E-state index contributed by atoms with van der Waals surface area (Å²) in [4.78, 5) is 12.1. The first-order valence-corrected chi connectivity index (χ1v) is 10.3. The van der Waals surface area contributed by atoms with E-state index in [1.807, 2.05) is 39.8 Å². The number of imidazole rings is 1. The van der Waals surface area contributed by atoms with Crippen LogP contribution in [0.4, 0.5) is 0 Å². The quantitative estimate of drug-likeness (QED) is 0.416. The Balaban J connectivity index is 2.06. The van der Waals surface area contributed by atoms with Crippen molar-refractivity contribution in [2.24, 2.45) is 0 Å². The molecular formula is C23H26N4O4. The van der Waals surface area contributed by atoms with Crippen molar-refractivity contribution in [2.45, 2.75) is 45.8 Å². The third kappa shape index (κ3) is 3.47. The Labute approximate surface area is 179 Å². The summed E-state index contributed by atoms with van der Waals surface area (Å²) in [5, 5.41) is 27.0. The molecule has 1 aromatic carbocycles. The molecular weight excluding hydrogens is 396 g/mol. The second-order valence-electron chi connectivity index (χ2n) is 7.50. The van der Waals surface area contributed by atoms with E-state index in [4.69, 9.17) is 9.26 Å². The molecule has 3 heterocycles. The fourth-order valence-corrected chi connectivity index (χ4v) is 4.00. The van der Waals surface area contributed by atoms with Crippen LogP contribution in [-0.4, -0.2) is 43.0 Å². The molecule has 162 valence electrons. The van der Waals surface area contributed by atoms with Crippen molar-refractivity contribution in [1.82, 2.24) is 20.1 Å². The van der Waals surface area contributed by atoms with Crippen molar-refractivity contribution < 1.29 is 19.5 Å². The zero-order chi connectivity index (χ0) is 22.2. The van der Waals surface area contributed by atoms with Gasteiger partial charge in [0.2, 0.25) is 0 Å². The second-order valence-corrected chi connectivity index (χ2v) is 7.50. The summed E-state index contributed by atoms with van der Waals surface area (Å²) in [6.07, 6.45) is 0.791. The molecule has 0 fully saturated rings. The van der Waals surface area contributed by atoms with Crippen LogP contribution < -0.4 is 4.74 Å². The maximum absolute atomic E-state index is 12.0. The number of aliphatic hydroxyl groups is 2. The molecule has 0 aliphatic rings. The van der Waals surface area contributed by atoms with Gasteiger partial charge in [0.25, 0.3) is 6.01 Å². The Morgan fingerprint density at radius 3 is 2.65 bits per heavy atom. The SMILES string of the molecule is CCOc1nc2c(C(O)(c3ccccn3)C(O)CC)cc(-c3c(C)noc3C)cc2[nH]1. The van der Waals surface area contributed by atoms with E-state index < -0.39 is 11.7 Å². The van der Waals surface area contributed by atoms with Gasteiger partial charge in [0, 0.05) is 17.3 Å². The number of benzene rings is 1. The molecule has 0 amide bonds. The van der Waals surface area contributed by atoms with Crippen LogP contribution in [0.1, 0.15) is 43.0 Å². The van der Waals surface area contributed by atoms with Gasteiger partial charge in [-0.1, -0.05) is 18.1 Å². The molecule has 0 saturated carbocycles. The highest BCUT2D eigenvalue weighted by molar-refractivity contribution is 5.87. The number of rotatable bonds is 7. The van der Waals surface area contributed by atoms with Crippen LogP contribution in [0, 0.1) is 13.8 Å². The third-order valence-electron chi connectivity index (χ3n) is 5.50. The van der Waals surface area contributed by atoms with E-state index in [0.29, 0.717) is 47.1 Å². The van der Waals surface area contributed by atoms with Crippen LogP contribution in [0.5, 0.6) is 6.01 Å². The van der Waals surface area contributed by atoms with Crippen LogP contribution in [-0.2, 0) is 5.60 Å². The molecule has 2 unspecified atom stereocenters. The van der Waals surface area contributed by atoms with Gasteiger partial charge in [-0.2, -0.15) is 4.98 Å². The Morgan fingerprint density at radius 2 is 2.03 bits per heavy atom. The number of aromatic amines is 1. The van der Waals surface area contributed by atoms with Crippen molar-refractivity contribution in [3.63, 3.8) is 0 Å². The van der Waals surface area contributed by atoms with Gasteiger partial charge >= 0.3 is 0 Å². The topological polar surface area (TPSA) is 117 Å². The van der Waals surface area contributed by atoms with Gasteiger partial charge in [0.1, 0.15) is 5.76 Å². The molecule has 31 heavy (non-hydrogen) atoms. The summed E-state index contributed by atoms with van der Waals surface area (Å²) >= 11 is 0. The average molecular weight is 422 g/mol. The summed E-state index contributed by atoms with van der Waals surface area (Å²) in [5.41, 5.74) is 2.46. The van der Waals surface area contributed by atoms with Crippen LogP contribution >= 0.6 is 0 Å². The lowest BCUT2D eigenvalue weighted by molar-refractivity contribution is -0.0528. The number of hydrogen-bond donors (Lipinski definition) is 3. The maximum atomic E-state index is 12.0. The molecule has 2 atom stereocenters. The standard InChI is InChI=1S/C23H26N4O4/c1-5-19(28)23(29,18-9-7-8-10-24-18)16-11-15(20-13(3)27-31-14(20)4)12-17-21(16)26-22(25-17)30-6-2/h7-12,19,28-29H,5-6H2,1-4H3,(H,25,26). The number of nitrogens with zero attached hydrogens (tertiary/aromatic N) is 3. The zero-order valence-corrected chi connectivity index (χ0v) is 18.0. The minimum Gasteiger partial charge on any atom is -0.465 e. The van der Waals surface area contributed by atoms with Crippen molar-refractivity contribution in [3.05, 3.63) is 59.2 Å². The third-order valence-corrected chi connectivity index (χ3v) is 5.50. The molecule has 8 nitrogen and oxygen atoms in total. The zero-order valence-electron chi connectivity index (χ0n) is 18.0. The molecule has 0 spiro atoms. The number of H-pyrrole nitrogens is 1. The van der Waals surface area contributed by atoms with Crippen molar-refractivity contribution in [2.75, 3.05) is 6.61 Å². The van der Waals surface area contributed by atoms with Crippen molar-refractivity contribution >= 4 is 11.0 Å². The first-order chi connectivity index (χ1) is 14.9. The largest absolute Gasteiger partial charge is 0.465 e. The minimum absolute atomic E-state index is 0.312. The maximum Gasteiger partial charge on any atom is 0.294 e. The Kier molecular flexibility index (Phi) is 5.51. The molecule has 3 N–H and O–H groups in total. The smallest absolute Gasteiger partial charge is 0.294 e. The van der Waals surface area contributed by atoms with Crippen LogP contribution in [0.2, 0.25) is 0 Å². The summed E-state index contributed by atoms with van der Waals surface area (Å²) in [7, 11) is 0. The second kappa shape index (κ2) is 8.13. The molecule has 0 aliphatic heterocycles. The molecule has 0 saturated heterocycles. The summed E-state index contributed by atoms with van der Waals surface area (Å²) in [6, 6.07) is 9.31. The highest BCUT2D eigenvalue weighted by Gasteiger charge is 2.42. The highest BCUT2D eigenvalue weighted by Crippen LogP contribution is 2.41. The van der Waals surface area contributed by atoms with E-state index in [1.54, 1.807) is 24.4 Å². The Bertz CT molecular complexity index is 1180. The van der Waals surface area contributed by atoms with Gasteiger partial charge in [-0.05, 0) is 57.0 Å². The highest BCUT2D eigenvalue weighted by atomic mass is 16.5. The van der Waals surface area contributed by atoms with Gasteiger partial charge in [0.05, 0.1) is 35.1 Å². The summed E-state index contributed by atoms with van der Waals surface area (Å²) in [5.74, 6) is 0.657. The van der Waals surface area contributed by atoms with Gasteiger partial charge in [0.15, 0.2) is 5.60 Å². The molecule has 4 aromatic rings. The average Bonchev–Trinajstić information content (AvgIpc) is 3.34. The molecule has 0 aliphatic carbocycles. The number of hydrogen-bond acceptors (Lipinski definition) is 7. The predicted octanol–water partition coefficient (Wildman–Crippen LogP) is 3.64. The normalized spacial score (nSPS) is 14.5. The van der Waals surface area contributed by atoms with Gasteiger partial charge < -0.3 is 24.5 Å². The number of ether oxygens (including phenoxy) is 1. The number of aliphatic hydroxyl groups excluding tert-OH is 1. The molecule has 0 bridgehead atoms. The minimum atomic E-state index is -1.79. The van der Waals surface area contributed by atoms with E-state index >= 15 is 0 Å². The number of pyridine rings is 1. The van der Waals surface area contributed by atoms with Crippen molar-refractivity contribution in [1.29, 1.82) is 0 Å². The van der Waals surface area contributed by atoms with E-state index in [2.05, 4.69) is 20.1 Å². The Hall–Kier alpha value is -3.23.